The molecular formula is C22H29F3N4O3. The van der Waals surface area contributed by atoms with E-state index in [4.69, 9.17) is 4.84 Å². The third-order valence-electron chi connectivity index (χ3n) is 5.82. The van der Waals surface area contributed by atoms with Gasteiger partial charge < -0.3 is 15.5 Å². The van der Waals surface area contributed by atoms with Crippen LogP contribution < -0.4 is 10.6 Å². The van der Waals surface area contributed by atoms with Gasteiger partial charge in [0.25, 0.3) is 5.91 Å². The van der Waals surface area contributed by atoms with Crippen LogP contribution in [0.4, 0.5) is 13.2 Å². The number of hydrogen-bond acceptors (Lipinski definition) is 5. The number of amides is 2. The molecule has 2 amide bonds. The second-order valence-electron chi connectivity index (χ2n) is 8.12. The summed E-state index contributed by atoms with van der Waals surface area (Å²) in [6.45, 7) is 3.83. The van der Waals surface area contributed by atoms with E-state index in [0.717, 1.165) is 63.0 Å². The zero-order valence-electron chi connectivity index (χ0n) is 18.1. The van der Waals surface area contributed by atoms with Crippen LogP contribution in [0.1, 0.15) is 54.9 Å². The number of nitrogens with zero attached hydrogens (tertiary/aromatic N) is 2. The van der Waals surface area contributed by atoms with Crippen LogP contribution in [-0.4, -0.2) is 60.8 Å². The van der Waals surface area contributed by atoms with Crippen LogP contribution >= 0.6 is 0 Å². The highest BCUT2D eigenvalue weighted by molar-refractivity contribution is 5.96. The van der Waals surface area contributed by atoms with E-state index in [1.54, 1.807) is 0 Å². The first kappa shape index (κ1) is 24.0. The molecule has 0 spiro atoms. The Morgan fingerprint density at radius 3 is 2.66 bits per heavy atom. The van der Waals surface area contributed by atoms with Crippen LogP contribution in [0.5, 0.6) is 0 Å². The van der Waals surface area contributed by atoms with Crippen molar-refractivity contribution in [3.05, 3.63) is 35.4 Å². The summed E-state index contributed by atoms with van der Waals surface area (Å²) >= 11 is 0. The molecule has 0 radical (unpaired) electrons. The maximum absolute atomic E-state index is 12.8. The van der Waals surface area contributed by atoms with Crippen molar-refractivity contribution in [2.45, 2.75) is 57.3 Å². The minimum atomic E-state index is -4.53. The van der Waals surface area contributed by atoms with E-state index >= 15 is 0 Å². The molecule has 1 saturated heterocycles. The lowest BCUT2D eigenvalue weighted by Gasteiger charge is -2.31. The molecule has 1 aliphatic heterocycles. The molecule has 176 valence electrons. The molecule has 10 heteroatoms. The Balaban J connectivity index is 1.40. The summed E-state index contributed by atoms with van der Waals surface area (Å²) in [7, 11) is 0. The van der Waals surface area contributed by atoms with E-state index in [0.29, 0.717) is 12.6 Å². The van der Waals surface area contributed by atoms with Gasteiger partial charge in [0.15, 0.2) is 0 Å². The molecule has 1 aromatic carbocycles. The van der Waals surface area contributed by atoms with Gasteiger partial charge in [-0.15, -0.1) is 0 Å². The van der Waals surface area contributed by atoms with E-state index in [2.05, 4.69) is 20.7 Å². The predicted octanol–water partition coefficient (Wildman–Crippen LogP) is 2.96. The molecule has 1 saturated carbocycles. The lowest BCUT2D eigenvalue weighted by Crippen LogP contribution is -2.44. The van der Waals surface area contributed by atoms with Crippen molar-refractivity contribution in [3.63, 3.8) is 0 Å². The average Bonchev–Trinajstić information content (AvgIpc) is 3.24. The number of likely N-dealkylation sites (tertiary alicyclic amines) is 1. The number of carbonyl (C=O) groups excluding carboxylic acids is 2. The number of alkyl halides is 3. The minimum absolute atomic E-state index is 0.00792. The average molecular weight is 454 g/mol. The van der Waals surface area contributed by atoms with Crippen molar-refractivity contribution >= 4 is 17.5 Å². The van der Waals surface area contributed by atoms with Crippen LogP contribution in [0.2, 0.25) is 0 Å². The Kier molecular flexibility index (Phi) is 8.11. The SMILES string of the molecule is CCON=C1CCC(N2CC[C@@H](NC(=O)CNC(=O)c3cccc(C(F)(F)F)c3)C2)CC1. The molecule has 2 fully saturated rings. The fraction of sp³-hybridized carbons (Fsp3) is 0.591. The van der Waals surface area contributed by atoms with Gasteiger partial charge in [0, 0.05) is 30.7 Å². The van der Waals surface area contributed by atoms with Gasteiger partial charge >= 0.3 is 6.18 Å². The Morgan fingerprint density at radius 2 is 1.97 bits per heavy atom. The number of nitrogens with one attached hydrogen (secondary N) is 2. The van der Waals surface area contributed by atoms with Gasteiger partial charge in [-0.1, -0.05) is 11.2 Å². The summed E-state index contributed by atoms with van der Waals surface area (Å²) in [6, 6.07) is 4.57. The molecule has 1 heterocycles. The van der Waals surface area contributed by atoms with Crippen molar-refractivity contribution < 1.29 is 27.6 Å². The maximum Gasteiger partial charge on any atom is 0.416 e. The predicted molar refractivity (Wildman–Crippen MR) is 113 cm³/mol. The summed E-state index contributed by atoms with van der Waals surface area (Å²) in [5, 5.41) is 9.44. The number of carbonyl (C=O) groups is 2. The van der Waals surface area contributed by atoms with E-state index in [-0.39, 0.29) is 24.1 Å². The van der Waals surface area contributed by atoms with E-state index in [1.807, 2.05) is 6.92 Å². The van der Waals surface area contributed by atoms with Crippen molar-refractivity contribution in [3.8, 4) is 0 Å². The largest absolute Gasteiger partial charge is 0.416 e. The smallest absolute Gasteiger partial charge is 0.396 e. The zero-order chi connectivity index (χ0) is 23.1. The van der Waals surface area contributed by atoms with Crippen molar-refractivity contribution in [1.29, 1.82) is 0 Å². The van der Waals surface area contributed by atoms with Crippen LogP contribution in [0.25, 0.3) is 0 Å². The Bertz CT molecular complexity index is 834. The Morgan fingerprint density at radius 1 is 1.22 bits per heavy atom. The summed E-state index contributed by atoms with van der Waals surface area (Å²) < 4.78 is 38.4. The van der Waals surface area contributed by atoms with Crippen LogP contribution in [0.3, 0.4) is 0 Å². The highest BCUT2D eigenvalue weighted by Crippen LogP contribution is 2.29. The van der Waals surface area contributed by atoms with Gasteiger partial charge in [0.1, 0.15) is 6.61 Å². The first-order chi connectivity index (χ1) is 15.3. The van der Waals surface area contributed by atoms with E-state index in [1.165, 1.54) is 12.1 Å². The molecule has 1 aliphatic carbocycles. The Labute approximate surface area is 185 Å². The number of hydrogen-bond donors (Lipinski definition) is 2. The highest BCUT2D eigenvalue weighted by Gasteiger charge is 2.32. The normalized spacial score (nSPS) is 21.8. The summed E-state index contributed by atoms with van der Waals surface area (Å²) in [5.74, 6) is -1.07. The van der Waals surface area contributed by atoms with Crippen LogP contribution in [0.15, 0.2) is 29.4 Å². The van der Waals surface area contributed by atoms with Crippen LogP contribution in [0, 0.1) is 0 Å². The third kappa shape index (κ3) is 6.69. The summed E-state index contributed by atoms with van der Waals surface area (Å²) in [6.07, 6.45) is 0.153. The van der Waals surface area contributed by atoms with Crippen molar-refractivity contribution in [2.24, 2.45) is 5.16 Å². The quantitative estimate of drug-likeness (QED) is 0.621. The molecule has 0 aromatic heterocycles. The lowest BCUT2D eigenvalue weighted by atomic mass is 9.93. The van der Waals surface area contributed by atoms with Gasteiger partial charge in [-0.2, -0.15) is 13.2 Å². The molecule has 2 aliphatic rings. The number of oxime groups is 1. The third-order valence-corrected chi connectivity index (χ3v) is 5.82. The summed E-state index contributed by atoms with van der Waals surface area (Å²) in [5.41, 5.74) is 0.0625. The van der Waals surface area contributed by atoms with E-state index < -0.39 is 17.6 Å². The molecule has 3 rings (SSSR count). The highest BCUT2D eigenvalue weighted by atomic mass is 19.4. The van der Waals surface area contributed by atoms with Gasteiger partial charge in [0.05, 0.1) is 17.8 Å². The van der Waals surface area contributed by atoms with Crippen molar-refractivity contribution in [1.82, 2.24) is 15.5 Å². The number of rotatable bonds is 7. The second-order valence-corrected chi connectivity index (χ2v) is 8.12. The molecule has 1 aromatic rings. The number of halogens is 3. The zero-order valence-corrected chi connectivity index (χ0v) is 18.1. The van der Waals surface area contributed by atoms with Crippen molar-refractivity contribution in [2.75, 3.05) is 26.2 Å². The second kappa shape index (κ2) is 10.8. The maximum atomic E-state index is 12.8. The molecule has 7 nitrogen and oxygen atoms in total. The monoisotopic (exact) mass is 454 g/mol. The minimum Gasteiger partial charge on any atom is -0.396 e. The fourth-order valence-corrected chi connectivity index (χ4v) is 4.16. The molecule has 0 unspecified atom stereocenters. The standard InChI is InChI=1S/C22H29F3N4O3/c1-2-32-28-17-6-8-19(9-7-17)29-11-10-18(14-29)27-20(30)13-26-21(31)15-4-3-5-16(12-15)22(23,24)25/h3-5,12,18-19H,2,6-11,13-14H2,1H3,(H,26,31)(H,27,30)/t18-,19?/m1/s1. The van der Waals surface area contributed by atoms with Gasteiger partial charge in [-0.25, -0.2) is 0 Å². The molecule has 1 atom stereocenters. The lowest BCUT2D eigenvalue weighted by molar-refractivity contribution is -0.137. The van der Waals surface area contributed by atoms with Crippen LogP contribution in [-0.2, 0) is 15.8 Å². The molecule has 2 N–H and O–H groups in total. The topological polar surface area (TPSA) is 83.0 Å². The number of benzene rings is 1. The van der Waals surface area contributed by atoms with Gasteiger partial charge in [0.2, 0.25) is 5.91 Å². The molecule has 0 bridgehead atoms. The molecule has 32 heavy (non-hydrogen) atoms. The van der Waals surface area contributed by atoms with Gasteiger partial charge in [-0.05, 0) is 57.2 Å². The summed E-state index contributed by atoms with van der Waals surface area (Å²) in [4.78, 5) is 31.9. The Hall–Kier alpha value is -2.62. The first-order valence-electron chi connectivity index (χ1n) is 10.9. The first-order valence-corrected chi connectivity index (χ1v) is 10.9. The van der Waals surface area contributed by atoms with E-state index in [9.17, 15) is 22.8 Å². The molecular weight excluding hydrogens is 425 g/mol. The van der Waals surface area contributed by atoms with Gasteiger partial charge in [-0.3, -0.25) is 14.5 Å². The fourth-order valence-electron chi connectivity index (χ4n) is 4.16.